The van der Waals surface area contributed by atoms with Gasteiger partial charge < -0.3 is 19.6 Å². The van der Waals surface area contributed by atoms with Gasteiger partial charge in [0.15, 0.2) is 12.0 Å². The molecule has 0 saturated carbocycles. The topological polar surface area (TPSA) is 88.8 Å². The molecule has 1 amide bonds. The van der Waals surface area contributed by atoms with Gasteiger partial charge in [-0.3, -0.25) is 9.59 Å². The number of phenolic OH excluding ortho intramolecular Hbond substituents is 1. The van der Waals surface area contributed by atoms with Gasteiger partial charge in [-0.2, -0.15) is 0 Å². The fraction of sp³-hybridized carbons (Fsp3) is 0.238. The Labute approximate surface area is 156 Å². The number of benzene rings is 2. The molecule has 3 rings (SSSR count). The lowest BCUT2D eigenvalue weighted by Gasteiger charge is -2.09. The fourth-order valence-electron chi connectivity index (χ4n) is 2.68. The molecular formula is C21H21NO5. The van der Waals surface area contributed by atoms with Crippen LogP contribution in [0.1, 0.15) is 19.8 Å². The van der Waals surface area contributed by atoms with Crippen molar-refractivity contribution in [1.82, 2.24) is 5.32 Å². The van der Waals surface area contributed by atoms with Crippen molar-refractivity contribution in [3.63, 3.8) is 0 Å². The molecule has 0 radical (unpaired) electrons. The zero-order valence-corrected chi connectivity index (χ0v) is 15.0. The smallest absolute Gasteiger partial charge is 0.257 e. The second-order valence-electron chi connectivity index (χ2n) is 6.15. The van der Waals surface area contributed by atoms with E-state index in [1.807, 2.05) is 37.3 Å². The average Bonchev–Trinajstić information content (AvgIpc) is 2.66. The molecule has 6 heteroatoms. The molecule has 6 nitrogen and oxygen atoms in total. The van der Waals surface area contributed by atoms with E-state index in [1.165, 1.54) is 18.2 Å². The van der Waals surface area contributed by atoms with Crippen LogP contribution in [0, 0.1) is 0 Å². The molecule has 27 heavy (non-hydrogen) atoms. The number of phenols is 1. The standard InChI is InChI=1S/C21H21NO5/c1-2-3-9-22-20(25)13-26-15-10-16(23)21-17(24)12-18(27-19(21)11-15)14-7-5-4-6-8-14/h4-8,10-12,23H,2-3,9,13H2,1H3,(H,22,25). The Bertz CT molecular complexity index is 995. The maximum Gasteiger partial charge on any atom is 0.257 e. The molecule has 0 atom stereocenters. The Hall–Kier alpha value is -3.28. The highest BCUT2D eigenvalue weighted by Gasteiger charge is 2.13. The van der Waals surface area contributed by atoms with Gasteiger partial charge in [-0.15, -0.1) is 0 Å². The Morgan fingerprint density at radius 2 is 1.96 bits per heavy atom. The molecule has 0 bridgehead atoms. The van der Waals surface area contributed by atoms with E-state index in [-0.39, 0.29) is 40.4 Å². The predicted octanol–water partition coefficient (Wildman–Crippen LogP) is 3.46. The number of nitrogens with one attached hydrogen (secondary N) is 1. The van der Waals surface area contributed by atoms with Gasteiger partial charge in [-0.1, -0.05) is 43.7 Å². The lowest BCUT2D eigenvalue weighted by Crippen LogP contribution is -2.29. The zero-order chi connectivity index (χ0) is 19.2. The van der Waals surface area contributed by atoms with Gasteiger partial charge >= 0.3 is 0 Å². The first kappa shape index (κ1) is 18.5. The van der Waals surface area contributed by atoms with Crippen molar-refractivity contribution in [3.05, 3.63) is 58.8 Å². The Morgan fingerprint density at radius 1 is 1.19 bits per heavy atom. The number of rotatable bonds is 7. The summed E-state index contributed by atoms with van der Waals surface area (Å²) in [5.41, 5.74) is 0.594. The predicted molar refractivity (Wildman–Crippen MR) is 103 cm³/mol. The van der Waals surface area contributed by atoms with Crippen LogP contribution in [0.5, 0.6) is 11.5 Å². The minimum Gasteiger partial charge on any atom is -0.507 e. The first-order chi connectivity index (χ1) is 13.1. The average molecular weight is 367 g/mol. The molecule has 2 N–H and O–H groups in total. The van der Waals surface area contributed by atoms with Crippen LogP contribution in [0.4, 0.5) is 0 Å². The normalized spacial score (nSPS) is 10.7. The molecule has 2 aromatic carbocycles. The highest BCUT2D eigenvalue weighted by molar-refractivity contribution is 5.86. The molecule has 0 aliphatic rings. The molecule has 0 aliphatic carbocycles. The first-order valence-electron chi connectivity index (χ1n) is 8.84. The lowest BCUT2D eigenvalue weighted by atomic mass is 10.1. The summed E-state index contributed by atoms with van der Waals surface area (Å²) in [5.74, 6) is 0.144. The maximum atomic E-state index is 12.4. The third-order valence-electron chi connectivity index (χ3n) is 4.06. The van der Waals surface area contributed by atoms with Gasteiger partial charge in [0.05, 0.1) is 0 Å². The number of unbranched alkanes of at least 4 members (excludes halogenated alkanes) is 1. The van der Waals surface area contributed by atoms with E-state index in [9.17, 15) is 14.7 Å². The quantitative estimate of drug-likeness (QED) is 0.624. The molecular weight excluding hydrogens is 346 g/mol. The summed E-state index contributed by atoms with van der Waals surface area (Å²) in [7, 11) is 0. The minimum atomic E-state index is -0.350. The Morgan fingerprint density at radius 3 is 2.70 bits per heavy atom. The maximum absolute atomic E-state index is 12.4. The van der Waals surface area contributed by atoms with E-state index in [2.05, 4.69) is 5.32 Å². The number of ether oxygens (including phenoxy) is 1. The van der Waals surface area contributed by atoms with Crippen molar-refractivity contribution in [2.45, 2.75) is 19.8 Å². The third-order valence-corrected chi connectivity index (χ3v) is 4.06. The molecule has 3 aromatic rings. The number of aromatic hydroxyl groups is 1. The molecule has 0 aliphatic heterocycles. The molecule has 1 aromatic heterocycles. The van der Waals surface area contributed by atoms with E-state index >= 15 is 0 Å². The number of carbonyl (C=O) groups is 1. The molecule has 140 valence electrons. The van der Waals surface area contributed by atoms with Crippen LogP contribution in [-0.4, -0.2) is 24.2 Å². The van der Waals surface area contributed by atoms with Crippen molar-refractivity contribution in [3.8, 4) is 22.8 Å². The van der Waals surface area contributed by atoms with E-state index in [0.29, 0.717) is 12.3 Å². The van der Waals surface area contributed by atoms with Crippen molar-refractivity contribution in [2.24, 2.45) is 0 Å². The first-order valence-corrected chi connectivity index (χ1v) is 8.84. The van der Waals surface area contributed by atoms with Crippen LogP contribution in [0.15, 0.2) is 57.7 Å². The molecule has 0 fully saturated rings. The number of amides is 1. The van der Waals surface area contributed by atoms with Crippen molar-refractivity contribution in [1.29, 1.82) is 0 Å². The van der Waals surface area contributed by atoms with Crippen LogP contribution in [0.3, 0.4) is 0 Å². The van der Waals surface area contributed by atoms with Crippen LogP contribution >= 0.6 is 0 Å². The second kappa shape index (κ2) is 8.40. The number of hydrogen-bond donors (Lipinski definition) is 2. The summed E-state index contributed by atoms with van der Waals surface area (Å²) in [5, 5.41) is 13.0. The molecule has 1 heterocycles. The van der Waals surface area contributed by atoms with Gasteiger partial charge in [0.1, 0.15) is 28.2 Å². The van der Waals surface area contributed by atoms with Crippen molar-refractivity contribution < 1.29 is 19.1 Å². The lowest BCUT2D eigenvalue weighted by molar-refractivity contribution is -0.123. The minimum absolute atomic E-state index is 0.0782. The van der Waals surface area contributed by atoms with Crippen LogP contribution in [0.25, 0.3) is 22.3 Å². The second-order valence-corrected chi connectivity index (χ2v) is 6.15. The highest BCUT2D eigenvalue weighted by Crippen LogP contribution is 2.31. The molecule has 0 unspecified atom stereocenters. The summed E-state index contributed by atoms with van der Waals surface area (Å²) in [6, 6.07) is 13.4. The summed E-state index contributed by atoms with van der Waals surface area (Å²) in [4.78, 5) is 24.2. The van der Waals surface area contributed by atoms with E-state index in [0.717, 1.165) is 18.4 Å². The van der Waals surface area contributed by atoms with E-state index in [4.69, 9.17) is 9.15 Å². The largest absolute Gasteiger partial charge is 0.507 e. The van der Waals surface area contributed by atoms with Gasteiger partial charge in [0.2, 0.25) is 0 Å². The number of fused-ring (bicyclic) bond motifs is 1. The van der Waals surface area contributed by atoms with Crippen LogP contribution in [-0.2, 0) is 4.79 Å². The third kappa shape index (κ3) is 4.47. The van der Waals surface area contributed by atoms with Gasteiger partial charge in [-0.25, -0.2) is 0 Å². The Kier molecular flexibility index (Phi) is 5.76. The van der Waals surface area contributed by atoms with E-state index in [1.54, 1.807) is 0 Å². The fourth-order valence-corrected chi connectivity index (χ4v) is 2.68. The monoisotopic (exact) mass is 367 g/mol. The van der Waals surface area contributed by atoms with E-state index < -0.39 is 0 Å². The number of hydrogen-bond acceptors (Lipinski definition) is 5. The summed E-state index contributed by atoms with van der Waals surface area (Å²) < 4.78 is 11.2. The Balaban J connectivity index is 1.86. The highest BCUT2D eigenvalue weighted by atomic mass is 16.5. The van der Waals surface area contributed by atoms with Crippen molar-refractivity contribution in [2.75, 3.05) is 13.2 Å². The van der Waals surface area contributed by atoms with Gasteiger partial charge in [-0.05, 0) is 6.42 Å². The van der Waals surface area contributed by atoms with Gasteiger partial charge in [0.25, 0.3) is 5.91 Å². The number of carbonyl (C=O) groups excluding carboxylic acids is 1. The summed E-state index contributed by atoms with van der Waals surface area (Å²) in [6.45, 7) is 2.45. The SMILES string of the molecule is CCCCNC(=O)COc1cc(O)c2c(=O)cc(-c3ccccc3)oc2c1. The summed E-state index contributed by atoms with van der Waals surface area (Å²) in [6.07, 6.45) is 1.89. The van der Waals surface area contributed by atoms with Crippen molar-refractivity contribution >= 4 is 16.9 Å². The zero-order valence-electron chi connectivity index (χ0n) is 15.0. The van der Waals surface area contributed by atoms with Crippen LogP contribution in [0.2, 0.25) is 0 Å². The molecule has 0 spiro atoms. The summed E-state index contributed by atoms with van der Waals surface area (Å²) >= 11 is 0. The van der Waals surface area contributed by atoms with Crippen LogP contribution < -0.4 is 15.5 Å². The van der Waals surface area contributed by atoms with Gasteiger partial charge in [0, 0.05) is 30.3 Å². The molecule has 0 saturated heterocycles.